The van der Waals surface area contributed by atoms with Crippen molar-refractivity contribution in [3.05, 3.63) is 106 Å². The Kier molecular flexibility index (Phi) is 5.38. The number of H-pyrrole nitrogens is 2. The fraction of sp³-hybridized carbons (Fsp3) is 0. The van der Waals surface area contributed by atoms with Crippen molar-refractivity contribution >= 4 is 57.5 Å². The number of halogens is 1. The minimum atomic E-state index is 0. The Hall–Kier alpha value is -3.27. The van der Waals surface area contributed by atoms with E-state index in [2.05, 4.69) is 52.4 Å². The van der Waals surface area contributed by atoms with Crippen LogP contribution in [0.4, 0.5) is 0 Å². The molecule has 5 heterocycles. The molecular weight excluding hydrogens is 469 g/mol. The van der Waals surface area contributed by atoms with Crippen LogP contribution in [-0.2, 0) is 19.5 Å². The van der Waals surface area contributed by atoms with E-state index in [1.807, 2.05) is 48.6 Å². The summed E-state index contributed by atoms with van der Waals surface area (Å²) in [5, 5.41) is 0.714. The second kappa shape index (κ2) is 8.35. The van der Waals surface area contributed by atoms with Crippen molar-refractivity contribution in [3.63, 3.8) is 0 Å². The van der Waals surface area contributed by atoms with Gasteiger partial charge in [-0.05, 0) is 84.5 Å². The maximum atomic E-state index is 6.10. The summed E-state index contributed by atoms with van der Waals surface area (Å²) in [6.07, 6.45) is 6.13. The molecule has 2 N–H and O–H groups in total. The largest absolute Gasteiger partial charge is 0.355 e. The van der Waals surface area contributed by atoms with Crippen LogP contribution in [0.3, 0.4) is 0 Å². The van der Waals surface area contributed by atoms with Gasteiger partial charge in [0.1, 0.15) is 0 Å². The second-order valence-corrected chi connectivity index (χ2v) is 8.03. The molecule has 0 amide bonds. The molecule has 0 saturated carbocycles. The number of hydrogen-bond donors (Lipinski definition) is 2. The zero-order chi connectivity index (χ0) is 20.8. The van der Waals surface area contributed by atoms with Crippen molar-refractivity contribution in [1.29, 1.82) is 0 Å². The summed E-state index contributed by atoms with van der Waals surface area (Å²) in [7, 11) is 0. The predicted molar refractivity (Wildman–Crippen MR) is 128 cm³/mol. The number of nitrogens with one attached hydrogen (secondary N) is 2. The van der Waals surface area contributed by atoms with Gasteiger partial charge in [0.2, 0.25) is 0 Å². The zero-order valence-corrected chi connectivity index (χ0v) is 20.9. The molecule has 6 rings (SSSR count). The van der Waals surface area contributed by atoms with Crippen molar-refractivity contribution in [1.82, 2.24) is 19.9 Å². The fourth-order valence-electron chi connectivity index (χ4n) is 3.88. The zero-order valence-electron chi connectivity index (χ0n) is 17.1. The van der Waals surface area contributed by atoms with Gasteiger partial charge in [-0.1, -0.05) is 23.7 Å². The van der Waals surface area contributed by atoms with Gasteiger partial charge in [0.05, 0.1) is 22.8 Å². The third-order valence-electron chi connectivity index (χ3n) is 5.32. The molecule has 6 heteroatoms. The van der Waals surface area contributed by atoms with Gasteiger partial charge in [0.15, 0.2) is 0 Å². The molecule has 150 valence electrons. The van der Waals surface area contributed by atoms with Crippen LogP contribution in [0.2, 0.25) is 5.02 Å². The van der Waals surface area contributed by atoms with E-state index >= 15 is 0 Å². The van der Waals surface area contributed by atoms with Crippen LogP contribution < -0.4 is 0 Å². The molecule has 0 unspecified atom stereocenters. The first-order chi connectivity index (χ1) is 15.2. The average molecular weight is 486 g/mol. The molecule has 2 aliphatic rings. The molecule has 0 saturated heterocycles. The Morgan fingerprint density at radius 2 is 1.16 bits per heavy atom. The molecule has 4 nitrogen and oxygen atoms in total. The van der Waals surface area contributed by atoms with Gasteiger partial charge < -0.3 is 9.97 Å². The molecule has 0 radical (unpaired) electrons. The van der Waals surface area contributed by atoms with Gasteiger partial charge in [-0.15, -0.1) is 0 Å². The summed E-state index contributed by atoms with van der Waals surface area (Å²) in [6.45, 7) is 0. The van der Waals surface area contributed by atoms with Gasteiger partial charge in [0.25, 0.3) is 0 Å². The van der Waals surface area contributed by atoms with Crippen molar-refractivity contribution in [2.24, 2.45) is 0 Å². The van der Waals surface area contributed by atoms with E-state index in [9.17, 15) is 0 Å². The van der Waals surface area contributed by atoms with Crippen LogP contribution >= 0.6 is 11.6 Å². The molecule has 4 aromatic rings. The second-order valence-electron chi connectivity index (χ2n) is 7.60. The third kappa shape index (κ3) is 4.10. The summed E-state index contributed by atoms with van der Waals surface area (Å²) in [6, 6.07) is 24.3. The van der Waals surface area contributed by atoms with Crippen molar-refractivity contribution in [2.75, 3.05) is 0 Å². The first kappa shape index (κ1) is 20.6. The summed E-state index contributed by atoms with van der Waals surface area (Å²) < 4.78 is 0. The first-order valence-corrected chi connectivity index (χ1v) is 10.4. The van der Waals surface area contributed by atoms with Crippen LogP contribution in [-0.4, -0.2) is 19.9 Å². The van der Waals surface area contributed by atoms with Crippen molar-refractivity contribution < 1.29 is 19.5 Å². The van der Waals surface area contributed by atoms with E-state index in [1.165, 1.54) is 0 Å². The van der Waals surface area contributed by atoms with Gasteiger partial charge in [-0.2, -0.15) is 0 Å². The molecule has 32 heavy (non-hydrogen) atoms. The topological polar surface area (TPSA) is 57.4 Å². The van der Waals surface area contributed by atoms with E-state index < -0.39 is 0 Å². The molecule has 2 aliphatic heterocycles. The summed E-state index contributed by atoms with van der Waals surface area (Å²) in [5.41, 5.74) is 9.72. The number of fused-ring (bicyclic) bond motifs is 8. The molecular formula is C26H17ClN4Zn. The van der Waals surface area contributed by atoms with Crippen molar-refractivity contribution in [3.8, 4) is 0 Å². The summed E-state index contributed by atoms with van der Waals surface area (Å²) in [4.78, 5) is 16.5. The van der Waals surface area contributed by atoms with E-state index in [1.54, 1.807) is 0 Å². The number of aromatic nitrogens is 4. The quantitative estimate of drug-likeness (QED) is 0.254. The third-order valence-corrected chi connectivity index (χ3v) is 5.57. The maximum absolute atomic E-state index is 6.10. The van der Waals surface area contributed by atoms with Gasteiger partial charge in [0, 0.05) is 52.1 Å². The molecule has 0 spiro atoms. The Morgan fingerprint density at radius 1 is 0.594 bits per heavy atom. The number of benzene rings is 1. The predicted octanol–water partition coefficient (Wildman–Crippen LogP) is 6.73. The van der Waals surface area contributed by atoms with Crippen LogP contribution in [0.25, 0.3) is 45.9 Å². The molecule has 8 bridgehead atoms. The van der Waals surface area contributed by atoms with Gasteiger partial charge in [-0.25, -0.2) is 9.97 Å². The van der Waals surface area contributed by atoms with Crippen LogP contribution in [0.5, 0.6) is 0 Å². The van der Waals surface area contributed by atoms with Gasteiger partial charge >= 0.3 is 0 Å². The molecule has 0 aliphatic carbocycles. The van der Waals surface area contributed by atoms with Crippen LogP contribution in [0, 0.1) is 0 Å². The van der Waals surface area contributed by atoms with Crippen LogP contribution in [0.1, 0.15) is 28.3 Å². The summed E-state index contributed by atoms with van der Waals surface area (Å²) in [5.74, 6) is 0. The monoisotopic (exact) mass is 484 g/mol. The smallest absolute Gasteiger partial charge is 0.0737 e. The number of nitrogens with zero attached hydrogens (tertiary/aromatic N) is 2. The SMILES string of the molecule is Clc1ccc(C2=Cc3cc4ccc(cc5ccc(cc6nc(cc2n3)C=C6)[nH]5)[nH]4)cc1.[Zn]. The Bertz CT molecular complexity index is 1540. The average Bonchev–Trinajstić information content (AvgIpc) is 3.54. The van der Waals surface area contributed by atoms with E-state index in [0.717, 1.165) is 56.0 Å². The first-order valence-electron chi connectivity index (χ1n) is 10.0. The molecule has 3 aromatic heterocycles. The normalized spacial score (nSPS) is 12.3. The summed E-state index contributed by atoms with van der Waals surface area (Å²) >= 11 is 6.10. The van der Waals surface area contributed by atoms with E-state index in [4.69, 9.17) is 21.6 Å². The van der Waals surface area contributed by atoms with Crippen LogP contribution in [0.15, 0.2) is 72.8 Å². The fourth-order valence-corrected chi connectivity index (χ4v) is 4.00. The van der Waals surface area contributed by atoms with Crippen molar-refractivity contribution in [2.45, 2.75) is 0 Å². The minimum absolute atomic E-state index is 0. The van der Waals surface area contributed by atoms with E-state index in [-0.39, 0.29) is 19.5 Å². The Labute approximate surface area is 202 Å². The van der Waals surface area contributed by atoms with E-state index in [0.29, 0.717) is 5.02 Å². The number of hydrogen-bond acceptors (Lipinski definition) is 2. The Morgan fingerprint density at radius 3 is 1.81 bits per heavy atom. The number of aromatic amines is 2. The molecule has 0 atom stereocenters. The number of rotatable bonds is 1. The maximum Gasteiger partial charge on any atom is 0.0737 e. The molecule has 0 fully saturated rings. The molecule has 1 aromatic carbocycles. The standard InChI is InChI=1S/C26H17ClN4.Zn/c27-17-3-1-16(2-4-17)25-14-24-13-22-8-7-20(29-22)11-18-5-6-19(28-18)12-21-9-10-23(30-21)15-26(25)31-24;/h1-15,28-29H;. The Balaban J connectivity index is 0.00000216. The minimum Gasteiger partial charge on any atom is -0.355 e. The van der Waals surface area contributed by atoms with Gasteiger partial charge in [-0.3, -0.25) is 0 Å².